The van der Waals surface area contributed by atoms with Crippen molar-refractivity contribution in [2.24, 2.45) is 0 Å². The maximum Gasteiger partial charge on any atom is 0.491 e. The van der Waals surface area contributed by atoms with Gasteiger partial charge in [-0.2, -0.15) is 0 Å². The van der Waals surface area contributed by atoms with Gasteiger partial charge in [0.05, 0.1) is 13.2 Å². The molecule has 5 heteroatoms. The molecule has 14 heavy (non-hydrogen) atoms. The summed E-state index contributed by atoms with van der Waals surface area (Å²) in [6.07, 6.45) is 0. The van der Waals surface area contributed by atoms with E-state index >= 15 is 0 Å². The Bertz CT molecular complexity index is 332. The van der Waals surface area contributed by atoms with Crippen LogP contribution in [0.5, 0.6) is 5.75 Å². The number of hydrogen-bond acceptors (Lipinski definition) is 3. The van der Waals surface area contributed by atoms with Crippen molar-refractivity contribution in [3.63, 3.8) is 0 Å². The monoisotopic (exact) mass is 256 g/mol. The molecule has 1 aliphatic rings. The molecule has 1 aromatic rings. The predicted molar refractivity (Wildman–Crippen MR) is 58.1 cm³/mol. The largest absolute Gasteiger partial charge is 0.493 e. The molecular weight excluding hydrogens is 247 g/mol. The van der Waals surface area contributed by atoms with Crippen molar-refractivity contribution in [2.75, 3.05) is 11.9 Å². The Kier molecular flexibility index (Phi) is 3.10. The maximum absolute atomic E-state index is 9.44. The topological polar surface area (TPSA) is 38.7 Å². The van der Waals surface area contributed by atoms with E-state index in [9.17, 15) is 5.02 Å². The number of alkyl halides is 1. The van der Waals surface area contributed by atoms with E-state index < -0.39 is 7.12 Å². The van der Waals surface area contributed by atoms with E-state index in [0.29, 0.717) is 13.2 Å². The van der Waals surface area contributed by atoms with E-state index in [1.165, 1.54) is 0 Å². The average Bonchev–Trinajstić information content (AvgIpc) is 2.57. The first-order valence-corrected chi connectivity index (χ1v) is 5.54. The zero-order chi connectivity index (χ0) is 9.97. The first kappa shape index (κ1) is 10.0. The first-order chi connectivity index (χ1) is 6.81. The van der Waals surface area contributed by atoms with Crippen LogP contribution < -0.4 is 10.2 Å². The van der Waals surface area contributed by atoms with Gasteiger partial charge in [-0.25, -0.2) is 0 Å². The lowest BCUT2D eigenvalue weighted by Crippen LogP contribution is -2.28. The normalized spacial score (nSPS) is 14.3. The van der Waals surface area contributed by atoms with E-state index in [1.807, 2.05) is 18.2 Å². The van der Waals surface area contributed by atoms with Gasteiger partial charge in [-0.3, -0.25) is 0 Å². The van der Waals surface area contributed by atoms with E-state index in [-0.39, 0.29) is 0 Å². The van der Waals surface area contributed by atoms with Crippen molar-refractivity contribution in [1.29, 1.82) is 0 Å². The molecule has 3 nitrogen and oxygen atoms in total. The van der Waals surface area contributed by atoms with Crippen LogP contribution in [0.4, 0.5) is 0 Å². The van der Waals surface area contributed by atoms with Crippen molar-refractivity contribution < 1.29 is 14.4 Å². The summed E-state index contributed by atoms with van der Waals surface area (Å²) < 4.78 is 10.5. The molecule has 1 aliphatic heterocycles. The number of fused-ring (bicyclic) bond motifs is 1. The zero-order valence-electron chi connectivity index (χ0n) is 7.57. The fraction of sp³-hybridized carbons (Fsp3) is 0.333. The maximum atomic E-state index is 9.44. The number of rotatable bonds is 3. The van der Waals surface area contributed by atoms with Crippen LogP contribution in [0.25, 0.3) is 0 Å². The summed E-state index contributed by atoms with van der Waals surface area (Å²) in [5.41, 5.74) is 1.85. The minimum Gasteiger partial charge on any atom is -0.493 e. The van der Waals surface area contributed by atoms with E-state index in [2.05, 4.69) is 15.9 Å². The van der Waals surface area contributed by atoms with Gasteiger partial charge in [0.1, 0.15) is 5.75 Å². The molecule has 0 aromatic heterocycles. The summed E-state index contributed by atoms with van der Waals surface area (Å²) >= 11 is 3.28. The highest BCUT2D eigenvalue weighted by Crippen LogP contribution is 2.16. The standard InChI is InChI=1S/C9H10BBrO3/c11-3-4-13-8-2-1-7-6-14-10(12)9(7)5-8/h1-2,5,12H,3-4,6H2. The van der Waals surface area contributed by atoms with Gasteiger partial charge in [0.2, 0.25) is 0 Å². The minimum atomic E-state index is -0.794. The second-order valence-electron chi connectivity index (χ2n) is 3.06. The van der Waals surface area contributed by atoms with Gasteiger partial charge in [-0.15, -0.1) is 0 Å². The lowest BCUT2D eigenvalue weighted by molar-refractivity contribution is 0.275. The van der Waals surface area contributed by atoms with Crippen molar-refractivity contribution in [3.05, 3.63) is 23.8 Å². The number of ether oxygens (including phenoxy) is 1. The molecule has 0 saturated heterocycles. The smallest absolute Gasteiger partial charge is 0.491 e. The van der Waals surface area contributed by atoms with Crippen LogP contribution in [0.3, 0.4) is 0 Å². The Hall–Kier alpha value is -0.515. The van der Waals surface area contributed by atoms with Gasteiger partial charge in [0.25, 0.3) is 0 Å². The SMILES string of the molecule is OB1OCc2ccc(OCCBr)cc21. The van der Waals surface area contributed by atoms with Crippen LogP contribution in [-0.2, 0) is 11.3 Å². The van der Waals surface area contributed by atoms with Gasteiger partial charge >= 0.3 is 7.12 Å². The first-order valence-electron chi connectivity index (χ1n) is 4.42. The van der Waals surface area contributed by atoms with Gasteiger partial charge in [0, 0.05) is 5.33 Å². The summed E-state index contributed by atoms with van der Waals surface area (Å²) in [6.45, 7) is 1.10. The molecule has 0 fully saturated rings. The predicted octanol–water partition coefficient (Wildman–Crippen LogP) is 0.678. The van der Waals surface area contributed by atoms with Crippen LogP contribution in [-0.4, -0.2) is 24.1 Å². The van der Waals surface area contributed by atoms with Crippen LogP contribution in [0.1, 0.15) is 5.56 Å². The van der Waals surface area contributed by atoms with Crippen molar-refractivity contribution >= 4 is 28.5 Å². The van der Waals surface area contributed by atoms with Crippen molar-refractivity contribution in [3.8, 4) is 5.75 Å². The molecule has 0 radical (unpaired) electrons. The van der Waals surface area contributed by atoms with Crippen LogP contribution >= 0.6 is 15.9 Å². The Balaban J connectivity index is 2.17. The van der Waals surface area contributed by atoms with Gasteiger partial charge in [0.15, 0.2) is 0 Å². The van der Waals surface area contributed by atoms with Crippen molar-refractivity contribution in [1.82, 2.24) is 0 Å². The highest BCUT2D eigenvalue weighted by molar-refractivity contribution is 9.09. The molecule has 1 aromatic carbocycles. The average molecular weight is 257 g/mol. The quantitative estimate of drug-likeness (QED) is 0.639. The minimum absolute atomic E-state index is 0.481. The molecule has 0 unspecified atom stereocenters. The Morgan fingerprint density at radius 1 is 1.57 bits per heavy atom. The molecule has 0 aliphatic carbocycles. The fourth-order valence-corrected chi connectivity index (χ4v) is 1.60. The number of halogens is 1. The van der Waals surface area contributed by atoms with Gasteiger partial charge < -0.3 is 14.4 Å². The van der Waals surface area contributed by atoms with Gasteiger partial charge in [-0.05, 0) is 23.2 Å². The summed E-state index contributed by atoms with van der Waals surface area (Å²) in [4.78, 5) is 0. The molecule has 0 bridgehead atoms. The summed E-state index contributed by atoms with van der Waals surface area (Å²) in [6, 6.07) is 5.65. The highest BCUT2D eigenvalue weighted by Gasteiger charge is 2.27. The molecule has 1 heterocycles. The number of hydrogen-bond donors (Lipinski definition) is 1. The molecule has 0 amide bonds. The zero-order valence-corrected chi connectivity index (χ0v) is 9.16. The number of benzene rings is 1. The summed E-state index contributed by atoms with van der Waals surface area (Å²) in [5, 5.41) is 10.2. The van der Waals surface area contributed by atoms with Gasteiger partial charge in [-0.1, -0.05) is 22.0 Å². The van der Waals surface area contributed by atoms with Crippen LogP contribution in [0, 0.1) is 0 Å². The van der Waals surface area contributed by atoms with E-state index in [0.717, 1.165) is 22.1 Å². The van der Waals surface area contributed by atoms with Crippen LogP contribution in [0.15, 0.2) is 18.2 Å². The molecular formula is C9H10BBrO3. The fourth-order valence-electron chi connectivity index (χ4n) is 1.44. The van der Waals surface area contributed by atoms with Crippen molar-refractivity contribution in [2.45, 2.75) is 6.61 Å². The summed E-state index contributed by atoms with van der Waals surface area (Å²) in [7, 11) is -0.794. The highest BCUT2D eigenvalue weighted by atomic mass is 79.9. The molecule has 2 rings (SSSR count). The summed E-state index contributed by atoms with van der Waals surface area (Å²) in [5.74, 6) is 0.771. The lowest BCUT2D eigenvalue weighted by Gasteiger charge is -2.05. The second-order valence-corrected chi connectivity index (χ2v) is 3.85. The van der Waals surface area contributed by atoms with E-state index in [1.54, 1.807) is 0 Å². The third-order valence-corrected chi connectivity index (χ3v) is 2.45. The molecule has 74 valence electrons. The molecule has 1 N–H and O–H groups in total. The molecule has 0 spiro atoms. The molecule has 0 saturated carbocycles. The Labute approximate surface area is 91.3 Å². The Morgan fingerprint density at radius 2 is 2.43 bits per heavy atom. The third-order valence-electron chi connectivity index (χ3n) is 2.13. The second kappa shape index (κ2) is 4.34. The lowest BCUT2D eigenvalue weighted by atomic mass is 9.79. The van der Waals surface area contributed by atoms with Crippen LogP contribution in [0.2, 0.25) is 0 Å². The Morgan fingerprint density at radius 3 is 3.21 bits per heavy atom. The molecule has 0 atom stereocenters. The van der Waals surface area contributed by atoms with E-state index in [4.69, 9.17) is 9.39 Å². The third kappa shape index (κ3) is 1.94.